The van der Waals surface area contributed by atoms with Crippen LogP contribution in [0.1, 0.15) is 6.92 Å². The van der Waals surface area contributed by atoms with Crippen LogP contribution in [0.25, 0.3) is 0 Å². The molecule has 1 fully saturated rings. The number of hydrogen-bond acceptors (Lipinski definition) is 8. The number of esters is 1. The summed E-state index contributed by atoms with van der Waals surface area (Å²) in [6.45, 7) is 1.05. The maximum Gasteiger partial charge on any atom is 1.00 e. The van der Waals surface area contributed by atoms with E-state index in [4.69, 9.17) is 4.74 Å². The van der Waals surface area contributed by atoms with Crippen molar-refractivity contribution in [3.05, 3.63) is 35.8 Å². The van der Waals surface area contributed by atoms with Crippen LogP contribution >= 0.6 is 23.5 Å². The third-order valence-electron chi connectivity index (χ3n) is 4.04. The summed E-state index contributed by atoms with van der Waals surface area (Å²) in [6.07, 6.45) is 3.25. The number of amides is 2. The minimum absolute atomic E-state index is 0. The molecule has 2 aliphatic rings. The van der Waals surface area contributed by atoms with Gasteiger partial charge in [-0.2, -0.15) is 0 Å². The first-order valence-corrected chi connectivity index (χ1v) is 10.3. The molecule has 3 heterocycles. The Balaban J connectivity index is 0.00000300. The summed E-state index contributed by atoms with van der Waals surface area (Å²) < 4.78 is 4.88. The first-order chi connectivity index (χ1) is 13.4. The molecule has 2 aliphatic heterocycles. The fraction of sp³-hybridized carbons (Fsp3) is 0.353. The van der Waals surface area contributed by atoms with Crippen molar-refractivity contribution in [3.63, 3.8) is 0 Å². The van der Waals surface area contributed by atoms with E-state index < -0.39 is 29.3 Å². The van der Waals surface area contributed by atoms with Crippen molar-refractivity contribution < 1.29 is 58.6 Å². The van der Waals surface area contributed by atoms with E-state index in [1.807, 2.05) is 0 Å². The molecular weight excluding hydrogens is 429 g/mol. The number of nitrogens with zero attached hydrogens (tertiary/aromatic N) is 2. The Labute approximate surface area is 197 Å². The van der Waals surface area contributed by atoms with Crippen LogP contribution in [0.5, 0.6) is 0 Å². The van der Waals surface area contributed by atoms with Crippen molar-refractivity contribution in [2.45, 2.75) is 23.2 Å². The van der Waals surface area contributed by atoms with Crippen molar-refractivity contribution in [2.24, 2.45) is 0 Å². The van der Waals surface area contributed by atoms with Gasteiger partial charge in [0.15, 0.2) is 0 Å². The van der Waals surface area contributed by atoms with E-state index in [1.165, 1.54) is 30.4 Å². The number of carbonyl (C=O) groups is 4. The van der Waals surface area contributed by atoms with Crippen molar-refractivity contribution in [2.75, 3.05) is 18.1 Å². The van der Waals surface area contributed by atoms with Gasteiger partial charge in [0.2, 0.25) is 5.91 Å². The fourth-order valence-electron chi connectivity index (χ4n) is 2.78. The monoisotopic (exact) mass is 446 g/mol. The zero-order valence-corrected chi connectivity index (χ0v) is 19.4. The SMILES string of the molecule is CC(=O)OCC1=C(C(=O)O)N2C(=O)C(NC(=O)CSc3ccncc3)C2SC1.[Na+]. The predicted octanol–water partition coefficient (Wildman–Crippen LogP) is -2.52. The Morgan fingerprint density at radius 2 is 2.07 bits per heavy atom. The number of nitrogens with one attached hydrogen (secondary N) is 1. The van der Waals surface area contributed by atoms with Gasteiger partial charge in [0, 0.05) is 35.5 Å². The minimum Gasteiger partial charge on any atom is -0.477 e. The number of rotatable bonds is 7. The molecule has 29 heavy (non-hydrogen) atoms. The van der Waals surface area contributed by atoms with Gasteiger partial charge in [-0.1, -0.05) is 0 Å². The molecule has 2 atom stereocenters. The second-order valence-corrected chi connectivity index (χ2v) is 8.12. The number of ether oxygens (including phenoxy) is 1. The Kier molecular flexibility index (Phi) is 8.58. The Hall–Kier alpha value is -1.53. The molecule has 0 radical (unpaired) electrons. The van der Waals surface area contributed by atoms with Gasteiger partial charge in [0.25, 0.3) is 5.91 Å². The normalized spacial score (nSPS) is 20.2. The van der Waals surface area contributed by atoms with Crippen LogP contribution in [0, 0.1) is 0 Å². The molecule has 12 heteroatoms. The fourth-order valence-corrected chi connectivity index (χ4v) is 4.80. The Bertz CT molecular complexity index is 851. The third-order valence-corrected chi connectivity index (χ3v) is 6.39. The number of carboxylic acids is 1. The average Bonchev–Trinajstić information content (AvgIpc) is 2.68. The van der Waals surface area contributed by atoms with E-state index in [0.717, 1.165) is 9.80 Å². The summed E-state index contributed by atoms with van der Waals surface area (Å²) in [5.41, 5.74) is 0.182. The number of β-lactam (4-membered cyclic amide) rings is 1. The molecule has 0 bridgehead atoms. The number of aliphatic carboxylic acids is 1. The predicted molar refractivity (Wildman–Crippen MR) is 101 cm³/mol. The molecule has 2 unspecified atom stereocenters. The molecule has 1 aromatic heterocycles. The topological polar surface area (TPSA) is 126 Å². The molecule has 0 aromatic carbocycles. The number of hydrogen-bond donors (Lipinski definition) is 2. The largest absolute Gasteiger partial charge is 1.00 e. The Morgan fingerprint density at radius 1 is 1.38 bits per heavy atom. The first kappa shape index (κ1) is 23.7. The molecule has 0 spiro atoms. The summed E-state index contributed by atoms with van der Waals surface area (Å²) in [5, 5.41) is 11.7. The molecule has 1 saturated heterocycles. The molecule has 2 amide bonds. The molecule has 2 N–H and O–H groups in total. The van der Waals surface area contributed by atoms with Crippen LogP contribution in [0.15, 0.2) is 40.7 Å². The maximum absolute atomic E-state index is 12.5. The van der Waals surface area contributed by atoms with E-state index in [1.54, 1.807) is 24.5 Å². The Morgan fingerprint density at radius 3 is 2.69 bits per heavy atom. The molecule has 3 rings (SSSR count). The van der Waals surface area contributed by atoms with Gasteiger partial charge >= 0.3 is 41.5 Å². The quantitative estimate of drug-likeness (QED) is 0.202. The van der Waals surface area contributed by atoms with Gasteiger partial charge in [-0.25, -0.2) is 4.79 Å². The van der Waals surface area contributed by atoms with Crippen molar-refractivity contribution in [3.8, 4) is 0 Å². The molecule has 0 aliphatic carbocycles. The molecular formula is C17H17N3NaO6S2+. The van der Waals surface area contributed by atoms with E-state index in [2.05, 4.69) is 10.3 Å². The van der Waals surface area contributed by atoms with Gasteiger partial charge in [0.1, 0.15) is 23.7 Å². The smallest absolute Gasteiger partial charge is 0.477 e. The van der Waals surface area contributed by atoms with Gasteiger partial charge in [-0.15, -0.1) is 23.5 Å². The maximum atomic E-state index is 12.5. The number of pyridine rings is 1. The van der Waals surface area contributed by atoms with Gasteiger partial charge in [-0.3, -0.25) is 24.3 Å². The van der Waals surface area contributed by atoms with Gasteiger partial charge < -0.3 is 15.2 Å². The summed E-state index contributed by atoms with van der Waals surface area (Å²) >= 11 is 2.64. The zero-order chi connectivity index (χ0) is 20.3. The van der Waals surface area contributed by atoms with Crippen LogP contribution in [-0.2, 0) is 23.9 Å². The van der Waals surface area contributed by atoms with Crippen molar-refractivity contribution >= 4 is 47.3 Å². The van der Waals surface area contributed by atoms with Crippen LogP contribution in [-0.4, -0.2) is 68.3 Å². The third kappa shape index (κ3) is 5.54. The molecule has 1 aromatic rings. The summed E-state index contributed by atoms with van der Waals surface area (Å²) in [4.78, 5) is 53.2. The number of carbonyl (C=O) groups excluding carboxylic acids is 3. The van der Waals surface area contributed by atoms with E-state index in [0.29, 0.717) is 11.3 Å². The van der Waals surface area contributed by atoms with Crippen LogP contribution in [0.3, 0.4) is 0 Å². The number of aromatic nitrogens is 1. The second-order valence-electron chi connectivity index (χ2n) is 5.96. The molecule has 9 nitrogen and oxygen atoms in total. The van der Waals surface area contributed by atoms with Crippen LogP contribution < -0.4 is 34.9 Å². The number of carboxylic acid groups (broad SMARTS) is 1. The number of fused-ring (bicyclic) bond motifs is 1. The summed E-state index contributed by atoms with van der Waals surface area (Å²) in [5.74, 6) is -2.18. The minimum atomic E-state index is -1.26. The number of thioether (sulfide) groups is 2. The van der Waals surface area contributed by atoms with Gasteiger partial charge in [0.05, 0.1) is 5.75 Å². The van der Waals surface area contributed by atoms with Crippen molar-refractivity contribution in [1.82, 2.24) is 15.2 Å². The van der Waals surface area contributed by atoms with E-state index >= 15 is 0 Å². The zero-order valence-electron chi connectivity index (χ0n) is 15.8. The average molecular weight is 446 g/mol. The van der Waals surface area contributed by atoms with E-state index in [-0.39, 0.29) is 53.5 Å². The van der Waals surface area contributed by atoms with Crippen LogP contribution in [0.4, 0.5) is 0 Å². The summed E-state index contributed by atoms with van der Waals surface area (Å²) in [7, 11) is 0. The van der Waals surface area contributed by atoms with E-state index in [9.17, 15) is 24.3 Å². The summed E-state index contributed by atoms with van der Waals surface area (Å²) in [6, 6.07) is 2.78. The molecule has 0 saturated carbocycles. The van der Waals surface area contributed by atoms with Crippen LogP contribution in [0.2, 0.25) is 0 Å². The van der Waals surface area contributed by atoms with Crippen molar-refractivity contribution in [1.29, 1.82) is 0 Å². The first-order valence-electron chi connectivity index (χ1n) is 8.24. The standard InChI is InChI=1S/C17H17N3O6S2.Na/c1-9(21)26-6-10-7-28-16-13(15(23)20(16)14(10)17(24)25)19-12(22)8-27-11-2-4-18-5-3-11;/h2-5,13,16H,6-8H2,1H3,(H,19,22)(H,24,25);/q;+1. The molecule has 148 valence electrons. The second kappa shape index (κ2) is 10.5. The van der Waals surface area contributed by atoms with Gasteiger partial charge in [-0.05, 0) is 12.1 Å².